The van der Waals surface area contributed by atoms with Crippen molar-refractivity contribution in [1.82, 2.24) is 10.4 Å². The minimum absolute atomic E-state index is 0.113. The number of furan rings is 1. The van der Waals surface area contributed by atoms with Crippen molar-refractivity contribution in [2.24, 2.45) is 5.10 Å². The topological polar surface area (TPSA) is 120 Å². The summed E-state index contributed by atoms with van der Waals surface area (Å²) in [5.74, 6) is 2.21. The summed E-state index contributed by atoms with van der Waals surface area (Å²) in [4.78, 5) is 16.4. The SMILES string of the molecule is CCOC(=O)C1=C[N]N=C1OCc1ccc(OCc2nc(-c3ccco3)oc2C)c(OC)c1. The third-order valence-corrected chi connectivity index (χ3v) is 4.65. The number of hydrogen-bond acceptors (Lipinski definition) is 9. The van der Waals surface area contributed by atoms with Crippen molar-refractivity contribution in [3.8, 4) is 23.1 Å². The van der Waals surface area contributed by atoms with Gasteiger partial charge >= 0.3 is 5.97 Å². The number of oxazole rings is 1. The van der Waals surface area contributed by atoms with Crippen LogP contribution in [0.4, 0.5) is 0 Å². The first kappa shape index (κ1) is 22.0. The largest absolute Gasteiger partial charge is 0.493 e. The van der Waals surface area contributed by atoms with Crippen LogP contribution in [0, 0.1) is 6.92 Å². The van der Waals surface area contributed by atoms with Crippen molar-refractivity contribution >= 4 is 11.9 Å². The smallest absolute Gasteiger partial charge is 0.345 e. The Kier molecular flexibility index (Phi) is 6.63. The highest BCUT2D eigenvalue weighted by Gasteiger charge is 2.24. The Hall–Kier alpha value is -4.21. The first-order valence-electron chi connectivity index (χ1n) is 10.2. The minimum atomic E-state index is -0.530. The van der Waals surface area contributed by atoms with Crippen LogP contribution in [0.2, 0.25) is 0 Å². The van der Waals surface area contributed by atoms with Gasteiger partial charge in [0.2, 0.25) is 5.90 Å². The van der Waals surface area contributed by atoms with Crippen LogP contribution < -0.4 is 14.9 Å². The van der Waals surface area contributed by atoms with Gasteiger partial charge in [0.25, 0.3) is 5.89 Å². The lowest BCUT2D eigenvalue weighted by Gasteiger charge is -2.12. The summed E-state index contributed by atoms with van der Waals surface area (Å²) in [5, 5.41) is 3.83. The molecule has 1 aromatic carbocycles. The van der Waals surface area contributed by atoms with Gasteiger partial charge in [-0.15, -0.1) is 5.10 Å². The summed E-state index contributed by atoms with van der Waals surface area (Å²) in [5.41, 5.74) is 5.34. The molecule has 0 fully saturated rings. The van der Waals surface area contributed by atoms with Crippen LogP contribution in [0.15, 0.2) is 62.3 Å². The fraction of sp³-hybridized carbons (Fsp3) is 0.261. The van der Waals surface area contributed by atoms with Crippen LogP contribution in [0.25, 0.3) is 11.7 Å². The number of methoxy groups -OCH3 is 1. The predicted molar refractivity (Wildman–Crippen MR) is 115 cm³/mol. The van der Waals surface area contributed by atoms with E-state index in [1.807, 2.05) is 13.0 Å². The van der Waals surface area contributed by atoms with Crippen molar-refractivity contribution in [3.05, 3.63) is 65.4 Å². The maximum Gasteiger partial charge on any atom is 0.345 e. The number of nitrogens with zero attached hydrogens (tertiary/aromatic N) is 3. The molecule has 0 bridgehead atoms. The van der Waals surface area contributed by atoms with Crippen LogP contribution in [0.5, 0.6) is 11.5 Å². The molecule has 0 saturated carbocycles. The summed E-state index contributed by atoms with van der Waals surface area (Å²) < 4.78 is 33.0. The summed E-state index contributed by atoms with van der Waals surface area (Å²) in [7, 11) is 1.55. The number of carbonyl (C=O) groups excluding carboxylic acids is 1. The molecule has 4 rings (SSSR count). The Labute approximate surface area is 189 Å². The Morgan fingerprint density at radius 1 is 1.12 bits per heavy atom. The highest BCUT2D eigenvalue weighted by molar-refractivity contribution is 6.17. The van der Waals surface area contributed by atoms with Crippen molar-refractivity contribution in [3.63, 3.8) is 0 Å². The van der Waals surface area contributed by atoms with Crippen LogP contribution in [0.3, 0.4) is 0 Å². The van der Waals surface area contributed by atoms with Crippen LogP contribution in [-0.2, 0) is 27.5 Å². The first-order chi connectivity index (χ1) is 16.1. The normalized spacial score (nSPS) is 12.6. The van der Waals surface area contributed by atoms with Gasteiger partial charge in [0.15, 0.2) is 17.3 Å². The lowest BCUT2D eigenvalue weighted by atomic mass is 10.2. The van der Waals surface area contributed by atoms with E-state index in [-0.39, 0.29) is 31.3 Å². The molecular formula is C23H22N3O7. The van der Waals surface area contributed by atoms with Gasteiger partial charge in [-0.05, 0) is 43.7 Å². The highest BCUT2D eigenvalue weighted by atomic mass is 16.5. The van der Waals surface area contributed by atoms with E-state index in [9.17, 15) is 4.79 Å². The number of benzene rings is 1. The monoisotopic (exact) mass is 452 g/mol. The third-order valence-electron chi connectivity index (χ3n) is 4.65. The van der Waals surface area contributed by atoms with E-state index in [0.717, 1.165) is 5.56 Å². The minimum Gasteiger partial charge on any atom is -0.493 e. The number of aryl methyl sites for hydroxylation is 1. The summed E-state index contributed by atoms with van der Waals surface area (Å²) in [6.07, 6.45) is 2.87. The van der Waals surface area contributed by atoms with E-state index < -0.39 is 5.97 Å². The van der Waals surface area contributed by atoms with E-state index in [0.29, 0.717) is 34.6 Å². The molecule has 1 aliphatic rings. The molecule has 3 heterocycles. The fourth-order valence-electron chi connectivity index (χ4n) is 2.99. The first-order valence-corrected chi connectivity index (χ1v) is 10.2. The molecule has 0 atom stereocenters. The van der Waals surface area contributed by atoms with Gasteiger partial charge in [0.1, 0.15) is 30.2 Å². The summed E-state index contributed by atoms with van der Waals surface area (Å²) in [6, 6.07) is 8.91. The van der Waals surface area contributed by atoms with Crippen molar-refractivity contribution in [2.45, 2.75) is 27.1 Å². The van der Waals surface area contributed by atoms with Gasteiger partial charge in [-0.2, -0.15) is 5.43 Å². The van der Waals surface area contributed by atoms with Gasteiger partial charge < -0.3 is 27.8 Å². The predicted octanol–water partition coefficient (Wildman–Crippen LogP) is 3.73. The zero-order valence-corrected chi connectivity index (χ0v) is 18.4. The molecule has 2 aromatic heterocycles. The Morgan fingerprint density at radius 2 is 2.00 bits per heavy atom. The zero-order valence-electron chi connectivity index (χ0n) is 18.4. The van der Waals surface area contributed by atoms with Gasteiger partial charge in [-0.3, -0.25) is 0 Å². The Bertz CT molecular complexity index is 1180. The van der Waals surface area contributed by atoms with Crippen LogP contribution >= 0.6 is 0 Å². The number of ether oxygens (including phenoxy) is 4. The number of carbonyl (C=O) groups is 1. The van der Waals surface area contributed by atoms with Gasteiger partial charge in [0.05, 0.1) is 26.2 Å². The lowest BCUT2D eigenvalue weighted by molar-refractivity contribution is -0.138. The average Bonchev–Trinajstić information content (AvgIpc) is 3.57. The second kappa shape index (κ2) is 9.94. The van der Waals surface area contributed by atoms with Crippen molar-refractivity contribution in [2.75, 3.05) is 13.7 Å². The average molecular weight is 452 g/mol. The van der Waals surface area contributed by atoms with Crippen molar-refractivity contribution in [1.29, 1.82) is 0 Å². The van der Waals surface area contributed by atoms with E-state index in [2.05, 4.69) is 15.5 Å². The summed E-state index contributed by atoms with van der Waals surface area (Å²) >= 11 is 0. The number of esters is 1. The van der Waals surface area contributed by atoms with Gasteiger partial charge in [-0.25, -0.2) is 9.78 Å². The molecule has 10 nitrogen and oxygen atoms in total. The third kappa shape index (κ3) is 5.00. The molecule has 0 saturated heterocycles. The second-order valence-corrected chi connectivity index (χ2v) is 6.85. The van der Waals surface area contributed by atoms with E-state index in [4.69, 9.17) is 27.8 Å². The molecule has 33 heavy (non-hydrogen) atoms. The zero-order chi connectivity index (χ0) is 23.2. The maximum absolute atomic E-state index is 11.9. The van der Waals surface area contributed by atoms with E-state index in [1.54, 1.807) is 44.6 Å². The highest BCUT2D eigenvalue weighted by Crippen LogP contribution is 2.30. The molecule has 0 unspecified atom stereocenters. The molecule has 10 heteroatoms. The molecular weight excluding hydrogens is 430 g/mol. The number of rotatable bonds is 9. The summed E-state index contributed by atoms with van der Waals surface area (Å²) in [6.45, 7) is 4.12. The molecule has 1 aliphatic heterocycles. The quantitative estimate of drug-likeness (QED) is 0.451. The molecule has 0 aliphatic carbocycles. The second-order valence-electron chi connectivity index (χ2n) is 6.85. The molecule has 1 radical (unpaired) electrons. The number of aromatic nitrogens is 1. The molecule has 171 valence electrons. The van der Waals surface area contributed by atoms with Crippen LogP contribution in [0.1, 0.15) is 23.9 Å². The molecule has 0 N–H and O–H groups in total. The molecule has 0 spiro atoms. The molecule has 0 amide bonds. The van der Waals surface area contributed by atoms with Gasteiger partial charge in [-0.1, -0.05) is 6.07 Å². The van der Waals surface area contributed by atoms with E-state index in [1.165, 1.54) is 6.20 Å². The standard InChI is InChI=1S/C23H22N3O7/c1-4-29-23(27)16-11-24-26-21(16)32-12-15-7-8-18(20(10-15)28-3)31-13-17-14(2)33-22(25-17)19-6-5-9-30-19/h5-11H,4,12-13H2,1-3H3. The number of hydrogen-bond donors (Lipinski definition) is 0. The van der Waals surface area contributed by atoms with Crippen molar-refractivity contribution < 1.29 is 32.6 Å². The molecule has 3 aromatic rings. The Balaban J connectivity index is 1.38. The van der Waals surface area contributed by atoms with Crippen LogP contribution in [-0.4, -0.2) is 30.6 Å². The lowest BCUT2D eigenvalue weighted by Crippen LogP contribution is -2.16. The van der Waals surface area contributed by atoms with E-state index >= 15 is 0 Å². The fourth-order valence-corrected chi connectivity index (χ4v) is 2.99. The maximum atomic E-state index is 11.9. The Morgan fingerprint density at radius 3 is 2.76 bits per heavy atom. The van der Waals surface area contributed by atoms with Gasteiger partial charge in [0, 0.05) is 0 Å².